The summed E-state index contributed by atoms with van der Waals surface area (Å²) >= 11 is 5.93. The summed E-state index contributed by atoms with van der Waals surface area (Å²) in [6, 6.07) is 13.8. The molecular formula is C21H16ClF2N3O3S. The van der Waals surface area contributed by atoms with Gasteiger partial charge in [0.15, 0.2) is 0 Å². The second-order valence-corrected chi connectivity index (χ2v) is 9.10. The lowest BCUT2D eigenvalue weighted by Crippen LogP contribution is -2.38. The molecule has 0 bridgehead atoms. The van der Waals surface area contributed by atoms with Gasteiger partial charge < -0.3 is 5.32 Å². The fourth-order valence-electron chi connectivity index (χ4n) is 3.23. The average Bonchev–Trinajstić information content (AvgIpc) is 3.14. The molecule has 0 aromatic heterocycles. The number of hydrogen-bond acceptors (Lipinski definition) is 4. The van der Waals surface area contributed by atoms with Crippen molar-refractivity contribution in [2.75, 3.05) is 9.73 Å². The van der Waals surface area contributed by atoms with Gasteiger partial charge in [0, 0.05) is 12.2 Å². The van der Waals surface area contributed by atoms with Crippen molar-refractivity contribution in [3.8, 4) is 0 Å². The third kappa shape index (κ3) is 4.39. The minimum atomic E-state index is -3.84. The van der Waals surface area contributed by atoms with Crippen LogP contribution >= 0.6 is 11.6 Å². The maximum absolute atomic E-state index is 14.0. The van der Waals surface area contributed by atoms with Crippen molar-refractivity contribution >= 4 is 38.9 Å². The van der Waals surface area contributed by atoms with E-state index >= 15 is 0 Å². The smallest absolute Gasteiger partial charge is 0.260 e. The fourth-order valence-corrected chi connectivity index (χ4v) is 4.96. The molecule has 160 valence electrons. The van der Waals surface area contributed by atoms with E-state index in [-0.39, 0.29) is 28.6 Å². The van der Waals surface area contributed by atoms with Crippen LogP contribution < -0.4 is 15.2 Å². The van der Waals surface area contributed by atoms with Crippen LogP contribution in [0.2, 0.25) is 5.02 Å². The Kier molecular flexibility index (Phi) is 5.65. The molecule has 31 heavy (non-hydrogen) atoms. The average molecular weight is 464 g/mol. The van der Waals surface area contributed by atoms with Crippen molar-refractivity contribution in [3.05, 3.63) is 94.0 Å². The molecule has 3 aromatic rings. The Bertz CT molecular complexity index is 1250. The molecule has 4 rings (SSSR count). The van der Waals surface area contributed by atoms with Crippen LogP contribution in [0.25, 0.3) is 0 Å². The first-order valence-corrected chi connectivity index (χ1v) is 11.1. The quantitative estimate of drug-likeness (QED) is 0.593. The standard InChI is InChI=1S/C21H16ClF2N3O3S/c22-17-2-1-3-18(24)20(17)21(28)26-16-9-6-14-11-25-27(19(14)10-16)31(29,30)12-13-4-7-15(23)8-5-13/h1-10,25H,11-12H2,(H,26,28). The van der Waals surface area contributed by atoms with Gasteiger partial charge in [0.25, 0.3) is 15.9 Å². The Morgan fingerprint density at radius 3 is 2.55 bits per heavy atom. The second-order valence-electron chi connectivity index (χ2n) is 6.88. The van der Waals surface area contributed by atoms with Gasteiger partial charge in [-0.2, -0.15) is 0 Å². The number of halogens is 3. The van der Waals surface area contributed by atoms with Crippen LogP contribution in [0.4, 0.5) is 20.2 Å². The molecule has 1 aliphatic rings. The third-order valence-electron chi connectivity index (χ3n) is 4.71. The zero-order valence-corrected chi connectivity index (χ0v) is 17.5. The highest BCUT2D eigenvalue weighted by Crippen LogP contribution is 2.32. The number of rotatable bonds is 5. The number of nitrogens with one attached hydrogen (secondary N) is 2. The van der Waals surface area contributed by atoms with Crippen LogP contribution in [0.1, 0.15) is 21.5 Å². The molecular weight excluding hydrogens is 448 g/mol. The van der Waals surface area contributed by atoms with Gasteiger partial charge in [0.2, 0.25) is 0 Å². The lowest BCUT2D eigenvalue weighted by molar-refractivity contribution is 0.102. The van der Waals surface area contributed by atoms with E-state index in [0.29, 0.717) is 16.8 Å². The van der Waals surface area contributed by atoms with E-state index in [9.17, 15) is 22.0 Å². The van der Waals surface area contributed by atoms with Crippen molar-refractivity contribution in [1.82, 2.24) is 5.43 Å². The number of hydrogen-bond donors (Lipinski definition) is 2. The van der Waals surface area contributed by atoms with Gasteiger partial charge in [0.05, 0.1) is 22.0 Å². The van der Waals surface area contributed by atoms with Gasteiger partial charge in [-0.1, -0.05) is 35.9 Å². The molecule has 0 saturated heterocycles. The molecule has 1 aliphatic heterocycles. The Morgan fingerprint density at radius 1 is 1.10 bits per heavy atom. The zero-order valence-electron chi connectivity index (χ0n) is 15.9. The van der Waals surface area contributed by atoms with Crippen LogP contribution in [-0.2, 0) is 22.3 Å². The van der Waals surface area contributed by atoms with E-state index in [0.717, 1.165) is 10.5 Å². The number of nitrogens with zero attached hydrogens (tertiary/aromatic N) is 1. The molecule has 1 heterocycles. The number of carbonyl (C=O) groups is 1. The molecule has 0 atom stereocenters. The van der Waals surface area contributed by atoms with Crippen molar-refractivity contribution in [2.45, 2.75) is 12.3 Å². The number of sulfonamides is 1. The van der Waals surface area contributed by atoms with Crippen LogP contribution in [0.5, 0.6) is 0 Å². The van der Waals surface area contributed by atoms with E-state index in [2.05, 4.69) is 10.7 Å². The van der Waals surface area contributed by atoms with Crippen LogP contribution in [0.3, 0.4) is 0 Å². The van der Waals surface area contributed by atoms with Gasteiger partial charge in [-0.05, 0) is 47.5 Å². The summed E-state index contributed by atoms with van der Waals surface area (Å²) in [5.74, 6) is -2.33. The molecule has 1 amide bonds. The van der Waals surface area contributed by atoms with Gasteiger partial charge in [-0.25, -0.2) is 27.0 Å². The highest BCUT2D eigenvalue weighted by atomic mass is 35.5. The summed E-state index contributed by atoms with van der Waals surface area (Å²) in [5, 5.41) is 2.51. The second kappa shape index (κ2) is 8.26. The van der Waals surface area contributed by atoms with Crippen LogP contribution in [0, 0.1) is 11.6 Å². The van der Waals surface area contributed by atoms with E-state index in [1.807, 2.05) is 0 Å². The zero-order chi connectivity index (χ0) is 22.2. The largest absolute Gasteiger partial charge is 0.322 e. The van der Waals surface area contributed by atoms with Crippen molar-refractivity contribution in [1.29, 1.82) is 0 Å². The predicted molar refractivity (Wildman–Crippen MR) is 114 cm³/mol. The normalized spacial score (nSPS) is 13.2. The van der Waals surface area contributed by atoms with Crippen molar-refractivity contribution in [3.63, 3.8) is 0 Å². The lowest BCUT2D eigenvalue weighted by Gasteiger charge is -2.20. The van der Waals surface area contributed by atoms with Crippen LogP contribution in [-0.4, -0.2) is 14.3 Å². The van der Waals surface area contributed by atoms with Gasteiger partial charge >= 0.3 is 0 Å². The first-order chi connectivity index (χ1) is 14.7. The highest BCUT2D eigenvalue weighted by molar-refractivity contribution is 7.92. The van der Waals surface area contributed by atoms with Crippen molar-refractivity contribution in [2.24, 2.45) is 0 Å². The number of carbonyl (C=O) groups excluding carboxylic acids is 1. The first kappa shape index (κ1) is 21.2. The number of hydrazine groups is 1. The monoisotopic (exact) mass is 463 g/mol. The molecule has 0 saturated carbocycles. The maximum atomic E-state index is 14.0. The Labute approximate surface area is 182 Å². The molecule has 0 fully saturated rings. The molecule has 0 unspecified atom stereocenters. The molecule has 0 spiro atoms. The minimum absolute atomic E-state index is 0.0381. The highest BCUT2D eigenvalue weighted by Gasteiger charge is 2.30. The van der Waals surface area contributed by atoms with E-state index < -0.39 is 27.6 Å². The van der Waals surface area contributed by atoms with Gasteiger partial charge in [-0.15, -0.1) is 0 Å². The molecule has 2 N–H and O–H groups in total. The maximum Gasteiger partial charge on any atom is 0.260 e. The molecule has 6 nitrogen and oxygen atoms in total. The van der Waals surface area contributed by atoms with Gasteiger partial charge in [-0.3, -0.25) is 4.79 Å². The van der Waals surface area contributed by atoms with Crippen LogP contribution in [0.15, 0.2) is 60.7 Å². The Hall–Kier alpha value is -3.01. The van der Waals surface area contributed by atoms with Crippen molar-refractivity contribution < 1.29 is 22.0 Å². The predicted octanol–water partition coefficient (Wildman–Crippen LogP) is 4.23. The Morgan fingerprint density at radius 2 is 1.84 bits per heavy atom. The lowest BCUT2D eigenvalue weighted by atomic mass is 10.1. The summed E-state index contributed by atoms with van der Waals surface area (Å²) in [4.78, 5) is 12.5. The summed E-state index contributed by atoms with van der Waals surface area (Å²) in [6.07, 6.45) is 0. The van der Waals surface area contributed by atoms with Gasteiger partial charge in [0.1, 0.15) is 11.6 Å². The van der Waals surface area contributed by atoms with E-state index in [1.165, 1.54) is 42.5 Å². The fraction of sp³-hybridized carbons (Fsp3) is 0.0952. The summed E-state index contributed by atoms with van der Waals surface area (Å²) in [6.45, 7) is 0.269. The number of fused-ring (bicyclic) bond motifs is 1. The number of amides is 1. The summed E-state index contributed by atoms with van der Waals surface area (Å²) in [5.41, 5.74) is 4.23. The number of anilines is 2. The summed E-state index contributed by atoms with van der Waals surface area (Å²) < 4.78 is 54.0. The van der Waals surface area contributed by atoms with E-state index in [1.54, 1.807) is 12.1 Å². The molecule has 0 aliphatic carbocycles. The Balaban J connectivity index is 1.59. The summed E-state index contributed by atoms with van der Waals surface area (Å²) in [7, 11) is -3.84. The minimum Gasteiger partial charge on any atom is -0.322 e. The SMILES string of the molecule is O=C(Nc1ccc2c(c1)N(S(=O)(=O)Cc1ccc(F)cc1)NC2)c1c(F)cccc1Cl. The molecule has 10 heteroatoms. The molecule has 0 radical (unpaired) electrons. The topological polar surface area (TPSA) is 78.5 Å². The first-order valence-electron chi connectivity index (χ1n) is 9.14. The number of benzene rings is 3. The third-order valence-corrected chi connectivity index (χ3v) is 6.60. The van der Waals surface area contributed by atoms with E-state index in [4.69, 9.17) is 11.6 Å². The molecule has 3 aromatic carbocycles.